The summed E-state index contributed by atoms with van der Waals surface area (Å²) in [4.78, 5) is 12.0. The van der Waals surface area contributed by atoms with Crippen molar-refractivity contribution in [3.63, 3.8) is 0 Å². The van der Waals surface area contributed by atoms with Gasteiger partial charge in [-0.05, 0) is 56.3 Å². The molecule has 130 valence electrons. The van der Waals surface area contributed by atoms with Crippen molar-refractivity contribution in [2.75, 3.05) is 6.61 Å². The Balaban J connectivity index is 1.80. The van der Waals surface area contributed by atoms with Crippen LogP contribution in [0, 0.1) is 17.1 Å². The first kappa shape index (κ1) is 18.3. The molecule has 0 aliphatic rings. The molecule has 2 aromatic carbocycles. The maximum absolute atomic E-state index is 12.8. The highest BCUT2D eigenvalue weighted by Crippen LogP contribution is 2.15. The molecule has 0 heterocycles. The van der Waals surface area contributed by atoms with Gasteiger partial charge in [-0.3, -0.25) is 0 Å². The zero-order valence-corrected chi connectivity index (χ0v) is 13.9. The topological polar surface area (TPSA) is 68.5 Å². The molecule has 5 nitrogen and oxygen atoms in total. The van der Waals surface area contributed by atoms with Crippen molar-refractivity contribution in [2.24, 2.45) is 0 Å². The Labute approximate surface area is 145 Å². The summed E-state index contributed by atoms with van der Waals surface area (Å²) in [6.07, 6.45) is -1.34. The van der Waals surface area contributed by atoms with E-state index in [4.69, 9.17) is 19.5 Å². The molecule has 25 heavy (non-hydrogen) atoms. The first-order chi connectivity index (χ1) is 12.0. The summed E-state index contributed by atoms with van der Waals surface area (Å²) < 4.78 is 29.0. The Morgan fingerprint density at radius 2 is 1.88 bits per heavy atom. The molecule has 2 unspecified atom stereocenters. The van der Waals surface area contributed by atoms with E-state index in [9.17, 15) is 9.18 Å². The van der Waals surface area contributed by atoms with Crippen LogP contribution in [0.15, 0.2) is 48.5 Å². The van der Waals surface area contributed by atoms with Crippen LogP contribution in [0.4, 0.5) is 4.39 Å². The fraction of sp³-hybridized carbons (Fsp3) is 0.263. The standard InChI is InChI=1S/C19H18FNO4/c1-13(12-23-18-5-3-4-15(10-18)11-21)24-19(22)14(2)25-17-8-6-16(20)7-9-17/h3-10,13-14H,12H2,1-2H3. The van der Waals surface area contributed by atoms with E-state index in [0.717, 1.165) is 0 Å². The number of nitrogens with zero attached hydrogens (tertiary/aromatic N) is 1. The van der Waals surface area contributed by atoms with Gasteiger partial charge in [0.15, 0.2) is 6.10 Å². The van der Waals surface area contributed by atoms with Crippen molar-refractivity contribution in [3.05, 3.63) is 59.9 Å². The van der Waals surface area contributed by atoms with Crippen LogP contribution in [0.1, 0.15) is 19.4 Å². The molecule has 0 radical (unpaired) electrons. The summed E-state index contributed by atoms with van der Waals surface area (Å²) in [5, 5.41) is 8.85. The summed E-state index contributed by atoms with van der Waals surface area (Å²) in [6, 6.07) is 14.1. The Bertz CT molecular complexity index is 755. The predicted octanol–water partition coefficient (Wildman–Crippen LogP) is 3.48. The van der Waals surface area contributed by atoms with Gasteiger partial charge in [-0.25, -0.2) is 9.18 Å². The molecule has 2 rings (SSSR count). The minimum absolute atomic E-state index is 0.143. The number of carbonyl (C=O) groups excluding carboxylic acids is 1. The fourth-order valence-corrected chi connectivity index (χ4v) is 1.96. The Kier molecular flexibility index (Phi) is 6.35. The maximum Gasteiger partial charge on any atom is 0.347 e. The zero-order valence-electron chi connectivity index (χ0n) is 13.9. The van der Waals surface area contributed by atoms with Crippen LogP contribution < -0.4 is 9.47 Å². The number of esters is 1. The second-order valence-electron chi connectivity index (χ2n) is 5.41. The van der Waals surface area contributed by atoms with Gasteiger partial charge in [0, 0.05) is 0 Å². The van der Waals surface area contributed by atoms with Gasteiger partial charge in [0.25, 0.3) is 0 Å². The number of ether oxygens (including phenoxy) is 3. The molecule has 0 bridgehead atoms. The molecule has 0 aromatic heterocycles. The minimum atomic E-state index is -0.838. The number of rotatable bonds is 7. The summed E-state index contributed by atoms with van der Waals surface area (Å²) in [5.74, 6) is -0.0272. The molecule has 0 saturated carbocycles. The molecular formula is C19H18FNO4. The van der Waals surface area contributed by atoms with Crippen molar-refractivity contribution in [2.45, 2.75) is 26.1 Å². The van der Waals surface area contributed by atoms with E-state index >= 15 is 0 Å². The van der Waals surface area contributed by atoms with E-state index in [0.29, 0.717) is 17.1 Å². The monoisotopic (exact) mass is 343 g/mol. The number of nitriles is 1. The SMILES string of the molecule is CC(COc1cccc(C#N)c1)OC(=O)C(C)Oc1ccc(F)cc1. The minimum Gasteiger partial charge on any atom is -0.490 e. The van der Waals surface area contributed by atoms with Crippen LogP contribution in [-0.4, -0.2) is 24.8 Å². The smallest absolute Gasteiger partial charge is 0.347 e. The number of hydrogen-bond acceptors (Lipinski definition) is 5. The van der Waals surface area contributed by atoms with E-state index in [1.54, 1.807) is 38.1 Å². The molecule has 0 N–H and O–H groups in total. The molecule has 2 aromatic rings. The summed E-state index contributed by atoms with van der Waals surface area (Å²) in [7, 11) is 0. The normalized spacial score (nSPS) is 12.6. The quantitative estimate of drug-likeness (QED) is 0.720. The van der Waals surface area contributed by atoms with Gasteiger partial charge in [0.1, 0.15) is 30.0 Å². The Morgan fingerprint density at radius 3 is 2.56 bits per heavy atom. The van der Waals surface area contributed by atoms with Gasteiger partial charge in [-0.2, -0.15) is 5.26 Å². The lowest BCUT2D eigenvalue weighted by molar-refractivity contribution is -0.157. The largest absolute Gasteiger partial charge is 0.490 e. The third kappa shape index (κ3) is 5.81. The third-order valence-corrected chi connectivity index (χ3v) is 3.22. The highest BCUT2D eigenvalue weighted by atomic mass is 19.1. The molecular weight excluding hydrogens is 325 g/mol. The second kappa shape index (κ2) is 8.69. The van der Waals surface area contributed by atoms with Crippen LogP contribution >= 0.6 is 0 Å². The van der Waals surface area contributed by atoms with E-state index < -0.39 is 18.2 Å². The van der Waals surface area contributed by atoms with E-state index in [1.807, 2.05) is 6.07 Å². The Morgan fingerprint density at radius 1 is 1.16 bits per heavy atom. The summed E-state index contributed by atoms with van der Waals surface area (Å²) in [6.45, 7) is 3.39. The molecule has 6 heteroatoms. The lowest BCUT2D eigenvalue weighted by Gasteiger charge is -2.18. The fourth-order valence-electron chi connectivity index (χ4n) is 1.96. The van der Waals surface area contributed by atoms with Gasteiger partial charge in [0.2, 0.25) is 0 Å². The molecule has 0 aliphatic carbocycles. The van der Waals surface area contributed by atoms with Gasteiger partial charge in [0.05, 0.1) is 11.6 Å². The average Bonchev–Trinajstić information content (AvgIpc) is 2.62. The van der Waals surface area contributed by atoms with Gasteiger partial charge in [-0.15, -0.1) is 0 Å². The Hall–Kier alpha value is -3.07. The van der Waals surface area contributed by atoms with Crippen molar-refractivity contribution in [1.82, 2.24) is 0 Å². The zero-order chi connectivity index (χ0) is 18.2. The summed E-state index contributed by atoms with van der Waals surface area (Å²) >= 11 is 0. The van der Waals surface area contributed by atoms with E-state index in [-0.39, 0.29) is 12.4 Å². The molecule has 2 atom stereocenters. The molecule has 0 amide bonds. The van der Waals surface area contributed by atoms with Crippen molar-refractivity contribution >= 4 is 5.97 Å². The van der Waals surface area contributed by atoms with Gasteiger partial charge in [-0.1, -0.05) is 6.07 Å². The second-order valence-corrected chi connectivity index (χ2v) is 5.41. The number of carbonyl (C=O) groups is 1. The summed E-state index contributed by atoms with van der Waals surface area (Å²) in [5.41, 5.74) is 0.489. The van der Waals surface area contributed by atoms with Crippen LogP contribution in [-0.2, 0) is 9.53 Å². The van der Waals surface area contributed by atoms with Crippen LogP contribution in [0.5, 0.6) is 11.5 Å². The number of halogens is 1. The van der Waals surface area contributed by atoms with Crippen molar-refractivity contribution < 1.29 is 23.4 Å². The van der Waals surface area contributed by atoms with Crippen molar-refractivity contribution in [3.8, 4) is 17.6 Å². The lowest BCUT2D eigenvalue weighted by Crippen LogP contribution is -2.31. The average molecular weight is 343 g/mol. The van der Waals surface area contributed by atoms with Crippen LogP contribution in [0.2, 0.25) is 0 Å². The highest BCUT2D eigenvalue weighted by molar-refractivity contribution is 5.74. The predicted molar refractivity (Wildman–Crippen MR) is 88.7 cm³/mol. The van der Waals surface area contributed by atoms with Gasteiger partial charge >= 0.3 is 5.97 Å². The lowest BCUT2D eigenvalue weighted by atomic mass is 10.2. The van der Waals surface area contributed by atoms with Crippen molar-refractivity contribution in [1.29, 1.82) is 5.26 Å². The molecule has 0 saturated heterocycles. The maximum atomic E-state index is 12.8. The van der Waals surface area contributed by atoms with Crippen LogP contribution in [0.25, 0.3) is 0 Å². The van der Waals surface area contributed by atoms with E-state index in [1.165, 1.54) is 24.3 Å². The third-order valence-electron chi connectivity index (χ3n) is 3.22. The first-order valence-electron chi connectivity index (χ1n) is 7.73. The molecule has 0 fully saturated rings. The van der Waals surface area contributed by atoms with Gasteiger partial charge < -0.3 is 14.2 Å². The number of hydrogen-bond donors (Lipinski definition) is 0. The molecule has 0 aliphatic heterocycles. The van der Waals surface area contributed by atoms with Crippen LogP contribution in [0.3, 0.4) is 0 Å². The van der Waals surface area contributed by atoms with E-state index in [2.05, 4.69) is 0 Å². The highest BCUT2D eigenvalue weighted by Gasteiger charge is 2.19. The number of benzene rings is 2. The molecule has 0 spiro atoms. The first-order valence-corrected chi connectivity index (χ1v) is 7.73.